The van der Waals surface area contributed by atoms with E-state index in [-0.39, 0.29) is 12.3 Å². The second-order valence-electron chi connectivity index (χ2n) is 5.62. The molecule has 138 valence electrons. The fourth-order valence-electron chi connectivity index (χ4n) is 2.91. The van der Waals surface area contributed by atoms with Crippen molar-refractivity contribution in [1.82, 2.24) is 9.78 Å². The lowest BCUT2D eigenvalue weighted by molar-refractivity contribution is -0.0777. The van der Waals surface area contributed by atoms with Gasteiger partial charge in [0.25, 0.3) is 5.91 Å². The van der Waals surface area contributed by atoms with Gasteiger partial charge in [-0.1, -0.05) is 4.33 Å². The minimum absolute atomic E-state index is 0.0723. The van der Waals surface area contributed by atoms with Crippen LogP contribution in [0.5, 0.6) is 11.5 Å². The molecule has 0 saturated heterocycles. The number of hydrogen-bond acceptors (Lipinski definition) is 7. The highest BCUT2D eigenvalue weighted by Crippen LogP contribution is 2.40. The summed E-state index contributed by atoms with van der Waals surface area (Å²) in [5.74, 6) is -0.211. The molecule has 8 nitrogen and oxygen atoms in total. The highest BCUT2D eigenvalue weighted by Gasteiger charge is 2.29. The summed E-state index contributed by atoms with van der Waals surface area (Å²) < 4.78 is 25.6. The molecule has 1 aliphatic heterocycles. The van der Waals surface area contributed by atoms with Gasteiger partial charge in [0.1, 0.15) is 30.4 Å². The molecule has 0 spiro atoms. The zero-order valence-corrected chi connectivity index (χ0v) is 14.5. The number of rotatable bonds is 5. The summed E-state index contributed by atoms with van der Waals surface area (Å²) in [6.07, 6.45) is 0. The molecule has 4 rings (SSSR count). The first-order valence-electron chi connectivity index (χ1n) is 7.73. The van der Waals surface area contributed by atoms with E-state index in [9.17, 15) is 9.18 Å². The Kier molecular flexibility index (Phi) is 4.44. The SMILES string of the molecule is NSOOc1ccc(-n2nc(C(N)=O)c3c2-c2cc(F)ccc2OC3)cc1. The van der Waals surface area contributed by atoms with Gasteiger partial charge in [0.15, 0.2) is 11.4 Å². The maximum Gasteiger partial charge on any atom is 0.269 e. The summed E-state index contributed by atoms with van der Waals surface area (Å²) in [4.78, 5) is 16.8. The number of aromatic nitrogens is 2. The van der Waals surface area contributed by atoms with Crippen LogP contribution < -0.4 is 20.5 Å². The van der Waals surface area contributed by atoms with E-state index in [0.717, 1.165) is 0 Å². The lowest BCUT2D eigenvalue weighted by atomic mass is 10.0. The number of hydrogen-bond donors (Lipinski definition) is 2. The Morgan fingerprint density at radius 1 is 1.26 bits per heavy atom. The smallest absolute Gasteiger partial charge is 0.269 e. The third kappa shape index (κ3) is 3.10. The summed E-state index contributed by atoms with van der Waals surface area (Å²) >= 11 is 0.575. The molecule has 1 aliphatic rings. The Morgan fingerprint density at radius 3 is 2.74 bits per heavy atom. The summed E-state index contributed by atoms with van der Waals surface area (Å²) in [6.45, 7) is 0.106. The van der Waals surface area contributed by atoms with Crippen LogP contribution >= 0.6 is 12.2 Å². The lowest BCUT2D eigenvalue weighted by Gasteiger charge is -2.19. The van der Waals surface area contributed by atoms with Gasteiger partial charge in [-0.05, 0) is 42.5 Å². The van der Waals surface area contributed by atoms with E-state index in [0.29, 0.717) is 46.2 Å². The third-order valence-electron chi connectivity index (χ3n) is 4.04. The zero-order chi connectivity index (χ0) is 19.0. The Hall–Kier alpha value is -3.08. The van der Waals surface area contributed by atoms with E-state index < -0.39 is 11.7 Å². The number of fused-ring (bicyclic) bond motifs is 3. The zero-order valence-electron chi connectivity index (χ0n) is 13.7. The van der Waals surface area contributed by atoms with Crippen LogP contribution in [0.2, 0.25) is 0 Å². The number of ether oxygens (including phenoxy) is 1. The van der Waals surface area contributed by atoms with E-state index in [1.165, 1.54) is 22.9 Å². The lowest BCUT2D eigenvalue weighted by Crippen LogP contribution is -2.16. The fraction of sp³-hybridized carbons (Fsp3) is 0.0588. The number of amides is 1. The maximum absolute atomic E-state index is 13.8. The Morgan fingerprint density at radius 2 is 2.04 bits per heavy atom. The molecule has 0 saturated carbocycles. The molecule has 10 heteroatoms. The van der Waals surface area contributed by atoms with E-state index in [1.54, 1.807) is 24.3 Å². The summed E-state index contributed by atoms with van der Waals surface area (Å²) in [6, 6.07) is 10.8. The van der Waals surface area contributed by atoms with Gasteiger partial charge in [-0.2, -0.15) is 5.10 Å². The van der Waals surface area contributed by atoms with Crippen LogP contribution in [0.4, 0.5) is 4.39 Å². The monoisotopic (exact) mass is 388 g/mol. The summed E-state index contributed by atoms with van der Waals surface area (Å²) in [5, 5.41) is 9.46. The molecule has 0 aliphatic carbocycles. The first-order valence-corrected chi connectivity index (χ1v) is 8.54. The first kappa shape index (κ1) is 17.3. The minimum atomic E-state index is -0.693. The Bertz CT molecular complexity index is 1020. The van der Waals surface area contributed by atoms with Gasteiger partial charge >= 0.3 is 0 Å². The van der Waals surface area contributed by atoms with E-state index in [1.807, 2.05) is 0 Å². The van der Waals surface area contributed by atoms with Crippen LogP contribution in [-0.4, -0.2) is 15.7 Å². The van der Waals surface area contributed by atoms with Crippen LogP contribution in [0.15, 0.2) is 42.5 Å². The number of carbonyl (C=O) groups excluding carboxylic acids is 1. The van der Waals surface area contributed by atoms with Crippen molar-refractivity contribution in [3.05, 3.63) is 59.5 Å². The molecule has 1 aromatic heterocycles. The molecule has 0 unspecified atom stereocenters. The number of carbonyl (C=O) groups is 1. The highest BCUT2D eigenvalue weighted by molar-refractivity contribution is 7.92. The van der Waals surface area contributed by atoms with Crippen molar-refractivity contribution < 1.29 is 23.1 Å². The minimum Gasteiger partial charge on any atom is -0.488 e. The average Bonchev–Trinajstić information content (AvgIpc) is 3.07. The van der Waals surface area contributed by atoms with Gasteiger partial charge in [-0.25, -0.2) is 9.07 Å². The topological polar surface area (TPSA) is 115 Å². The van der Waals surface area contributed by atoms with Gasteiger partial charge in [-0.3, -0.25) is 9.93 Å². The van der Waals surface area contributed by atoms with Gasteiger partial charge in [0.2, 0.25) is 0 Å². The van der Waals surface area contributed by atoms with Crippen LogP contribution in [0.1, 0.15) is 16.1 Å². The van der Waals surface area contributed by atoms with Crippen molar-refractivity contribution >= 4 is 18.1 Å². The largest absolute Gasteiger partial charge is 0.488 e. The molecular weight excluding hydrogens is 375 g/mol. The predicted octanol–water partition coefficient (Wildman–Crippen LogP) is 2.50. The van der Waals surface area contributed by atoms with Gasteiger partial charge in [-0.15, -0.1) is 0 Å². The molecule has 0 bridgehead atoms. The Labute approximate surface area is 157 Å². The highest BCUT2D eigenvalue weighted by atomic mass is 32.2. The fourth-order valence-corrected chi connectivity index (χ4v) is 3.03. The standard InChI is InChI=1S/C17H13FN4O4S/c18-9-1-6-14-12(7-9)16-13(8-24-14)15(17(19)23)21-22(16)10-2-4-11(5-3-10)25-26-27-20/h1-7H,8,20H2,(H2,19,23). The molecule has 0 radical (unpaired) electrons. The molecule has 1 amide bonds. The van der Waals surface area contributed by atoms with Crippen LogP contribution in [0.25, 0.3) is 16.9 Å². The normalized spacial score (nSPS) is 12.1. The van der Waals surface area contributed by atoms with Gasteiger partial charge in [0.05, 0.1) is 11.4 Å². The Balaban J connectivity index is 1.86. The predicted molar refractivity (Wildman–Crippen MR) is 95.3 cm³/mol. The van der Waals surface area contributed by atoms with Crippen LogP contribution in [0.3, 0.4) is 0 Å². The van der Waals surface area contributed by atoms with Crippen molar-refractivity contribution in [2.24, 2.45) is 10.9 Å². The van der Waals surface area contributed by atoms with E-state index in [2.05, 4.69) is 9.43 Å². The number of primary amides is 1. The second-order valence-corrected chi connectivity index (χ2v) is 5.95. The number of nitrogens with zero attached hydrogens (tertiary/aromatic N) is 2. The van der Waals surface area contributed by atoms with Gasteiger partial charge < -0.3 is 15.4 Å². The van der Waals surface area contributed by atoms with Gasteiger partial charge in [0, 0.05) is 11.1 Å². The molecule has 2 heterocycles. The molecule has 4 N–H and O–H groups in total. The molecule has 0 atom stereocenters. The molecule has 0 fully saturated rings. The van der Waals surface area contributed by atoms with Crippen molar-refractivity contribution in [2.75, 3.05) is 0 Å². The molecule has 27 heavy (non-hydrogen) atoms. The summed E-state index contributed by atoms with van der Waals surface area (Å²) in [7, 11) is 0. The van der Waals surface area contributed by atoms with Crippen molar-refractivity contribution in [1.29, 1.82) is 0 Å². The van der Waals surface area contributed by atoms with Crippen LogP contribution in [-0.2, 0) is 10.9 Å². The first-order chi connectivity index (χ1) is 13.1. The quantitative estimate of drug-likeness (QED) is 0.299. The molecule has 2 aromatic carbocycles. The second kappa shape index (κ2) is 6.91. The maximum atomic E-state index is 13.8. The van der Waals surface area contributed by atoms with Crippen LogP contribution in [0, 0.1) is 5.82 Å². The number of nitrogens with two attached hydrogens (primary N) is 2. The van der Waals surface area contributed by atoms with Crippen molar-refractivity contribution in [3.63, 3.8) is 0 Å². The summed E-state index contributed by atoms with van der Waals surface area (Å²) in [5.41, 5.74) is 7.69. The van der Waals surface area contributed by atoms with E-state index in [4.69, 9.17) is 20.5 Å². The number of halogens is 1. The third-order valence-corrected chi connectivity index (χ3v) is 4.18. The van der Waals surface area contributed by atoms with Crippen molar-refractivity contribution in [3.8, 4) is 28.4 Å². The molecular formula is C17H13FN4O4S. The number of benzene rings is 2. The van der Waals surface area contributed by atoms with Crippen molar-refractivity contribution in [2.45, 2.75) is 6.61 Å². The molecule has 3 aromatic rings. The average molecular weight is 388 g/mol. The van der Waals surface area contributed by atoms with E-state index >= 15 is 0 Å².